The molecular weight excluding hydrogens is 167 g/mol. The third-order valence-electron chi connectivity index (χ3n) is 0.398. The van der Waals surface area contributed by atoms with Gasteiger partial charge < -0.3 is 0 Å². The van der Waals surface area contributed by atoms with Crippen molar-refractivity contribution in [1.82, 2.24) is 0 Å². The smallest absolute Gasteiger partial charge is 0.166 e. The number of hydrogen-bond donors (Lipinski definition) is 0. The third kappa shape index (κ3) is 7.15. The second-order valence-corrected chi connectivity index (χ2v) is 11.0. The Labute approximate surface area is 59.0 Å². The van der Waals surface area contributed by atoms with E-state index in [2.05, 4.69) is 0 Å². The molecule has 0 heterocycles. The lowest BCUT2D eigenvalue weighted by atomic mass is 11.8. The van der Waals surface area contributed by atoms with Gasteiger partial charge in [-0.2, -0.15) is 11.8 Å². The van der Waals surface area contributed by atoms with E-state index in [4.69, 9.17) is 22.2 Å². The van der Waals surface area contributed by atoms with Gasteiger partial charge in [0.05, 0.1) is 0 Å². The van der Waals surface area contributed by atoms with Crippen molar-refractivity contribution in [2.75, 3.05) is 11.6 Å². The molecule has 7 heavy (non-hydrogen) atoms. The van der Waals surface area contributed by atoms with Gasteiger partial charge in [-0.25, -0.2) is 0 Å². The van der Waals surface area contributed by atoms with Crippen molar-refractivity contribution in [2.45, 2.75) is 6.55 Å². The minimum Gasteiger partial charge on any atom is -0.166 e. The molecule has 0 atom stereocenters. The van der Waals surface area contributed by atoms with E-state index in [0.717, 1.165) is 5.38 Å². The van der Waals surface area contributed by atoms with Gasteiger partial charge in [0.1, 0.15) is 0 Å². The fourth-order valence-electron chi connectivity index (χ4n) is 0.253. The molecule has 4 heteroatoms. The summed E-state index contributed by atoms with van der Waals surface area (Å²) in [7, 11) is 0. The van der Waals surface area contributed by atoms with E-state index in [-0.39, 0.29) is 0 Å². The van der Waals surface area contributed by atoms with E-state index in [1.807, 2.05) is 12.8 Å². The molecule has 0 amide bonds. The molecule has 0 aromatic carbocycles. The summed E-state index contributed by atoms with van der Waals surface area (Å²) in [6.45, 7) is 0.173. The second kappa shape index (κ2) is 3.23. The third-order valence-corrected chi connectivity index (χ3v) is 5.54. The average molecular weight is 175 g/mol. The SMILES string of the molecule is CSC[Si](C)(Cl)Cl. The normalized spacial score (nSPS) is 12.0. The van der Waals surface area contributed by atoms with Crippen LogP contribution in [0.2, 0.25) is 6.55 Å². The van der Waals surface area contributed by atoms with Crippen LogP contribution < -0.4 is 0 Å². The molecule has 0 N–H and O–H groups in total. The maximum Gasteiger partial charge on any atom is 0.257 e. The molecule has 0 aliphatic rings. The minimum absolute atomic E-state index is 0.927. The van der Waals surface area contributed by atoms with Crippen molar-refractivity contribution in [3.8, 4) is 0 Å². The highest BCUT2D eigenvalue weighted by molar-refractivity contribution is 8.01. The van der Waals surface area contributed by atoms with E-state index in [1.165, 1.54) is 0 Å². The predicted molar refractivity (Wildman–Crippen MR) is 41.7 cm³/mol. The van der Waals surface area contributed by atoms with Gasteiger partial charge in [-0.1, -0.05) is 0 Å². The highest BCUT2D eigenvalue weighted by Gasteiger charge is 2.18. The Morgan fingerprint density at radius 3 is 2.00 bits per heavy atom. The summed E-state index contributed by atoms with van der Waals surface area (Å²) in [4.78, 5) is 0. The summed E-state index contributed by atoms with van der Waals surface area (Å²) in [5, 5.41) is 0.927. The summed E-state index contributed by atoms with van der Waals surface area (Å²) >= 11 is 13.1. The van der Waals surface area contributed by atoms with Gasteiger partial charge in [0.2, 0.25) is 0 Å². The number of hydrogen-bond acceptors (Lipinski definition) is 1. The summed E-state index contributed by atoms with van der Waals surface area (Å²) in [6, 6.07) is 0. The van der Waals surface area contributed by atoms with Crippen LogP contribution in [-0.2, 0) is 0 Å². The Morgan fingerprint density at radius 1 is 1.57 bits per heavy atom. The van der Waals surface area contributed by atoms with Crippen molar-refractivity contribution < 1.29 is 0 Å². The van der Waals surface area contributed by atoms with Crippen LogP contribution in [0.3, 0.4) is 0 Å². The molecular formula is C3H8Cl2SSi. The molecule has 0 rings (SSSR count). The van der Waals surface area contributed by atoms with Crippen LogP contribution in [0, 0.1) is 0 Å². The molecule has 44 valence electrons. The topological polar surface area (TPSA) is 0 Å². The maximum atomic E-state index is 5.72. The Bertz CT molecular complexity index is 51.4. The lowest BCUT2D eigenvalue weighted by molar-refractivity contribution is 1.98. The second-order valence-electron chi connectivity index (χ2n) is 1.50. The van der Waals surface area contributed by atoms with Gasteiger partial charge in [-0.05, 0) is 12.8 Å². The monoisotopic (exact) mass is 174 g/mol. The van der Waals surface area contributed by atoms with Gasteiger partial charge in [-0.15, -0.1) is 22.2 Å². The van der Waals surface area contributed by atoms with Gasteiger partial charge in [0, 0.05) is 5.38 Å². The van der Waals surface area contributed by atoms with Crippen LogP contribution in [0.5, 0.6) is 0 Å². The van der Waals surface area contributed by atoms with Crippen molar-refractivity contribution in [2.24, 2.45) is 0 Å². The van der Waals surface area contributed by atoms with E-state index in [0.29, 0.717) is 0 Å². The predicted octanol–water partition coefficient (Wildman–Crippen LogP) is 2.44. The fourth-order valence-corrected chi connectivity index (χ4v) is 4.24. The molecule has 0 bridgehead atoms. The van der Waals surface area contributed by atoms with Crippen LogP contribution >= 0.6 is 33.9 Å². The van der Waals surface area contributed by atoms with Crippen LogP contribution in [0.25, 0.3) is 0 Å². The summed E-state index contributed by atoms with van der Waals surface area (Å²) < 4.78 is 0. The van der Waals surface area contributed by atoms with Crippen molar-refractivity contribution in [1.29, 1.82) is 0 Å². The van der Waals surface area contributed by atoms with Gasteiger partial charge >= 0.3 is 0 Å². The van der Waals surface area contributed by atoms with Crippen molar-refractivity contribution >= 4 is 40.6 Å². The first-order valence-corrected chi connectivity index (χ1v) is 8.05. The lowest BCUT2D eigenvalue weighted by Gasteiger charge is -2.04. The lowest BCUT2D eigenvalue weighted by Crippen LogP contribution is -2.16. The molecule has 0 radical (unpaired) electrons. The molecule has 0 nitrogen and oxygen atoms in total. The van der Waals surface area contributed by atoms with Crippen LogP contribution in [0.1, 0.15) is 0 Å². The highest BCUT2D eigenvalue weighted by atomic mass is 35.7. The Morgan fingerprint density at radius 2 is 2.00 bits per heavy atom. The molecule has 0 saturated carbocycles. The number of rotatable bonds is 2. The molecule has 0 spiro atoms. The zero-order valence-electron chi connectivity index (χ0n) is 4.37. The number of thioether (sulfide) groups is 1. The van der Waals surface area contributed by atoms with Crippen LogP contribution in [0.15, 0.2) is 0 Å². The van der Waals surface area contributed by atoms with Crippen LogP contribution in [-0.4, -0.2) is 18.3 Å². The molecule has 0 aliphatic carbocycles. The maximum absolute atomic E-state index is 5.72. The van der Waals surface area contributed by atoms with Crippen molar-refractivity contribution in [3.05, 3.63) is 0 Å². The molecule has 0 unspecified atom stereocenters. The first kappa shape index (κ1) is 8.15. The molecule has 0 fully saturated rings. The molecule has 0 aromatic heterocycles. The zero-order chi connectivity index (χ0) is 5.91. The van der Waals surface area contributed by atoms with E-state index >= 15 is 0 Å². The Kier molecular flexibility index (Phi) is 3.76. The number of halogens is 2. The minimum atomic E-state index is -1.75. The van der Waals surface area contributed by atoms with E-state index < -0.39 is 6.69 Å². The van der Waals surface area contributed by atoms with Gasteiger partial charge in [-0.3, -0.25) is 0 Å². The summed E-state index contributed by atoms with van der Waals surface area (Å²) in [5.41, 5.74) is 0. The van der Waals surface area contributed by atoms with Gasteiger partial charge in [0.25, 0.3) is 6.69 Å². The highest BCUT2D eigenvalue weighted by Crippen LogP contribution is 2.17. The average Bonchev–Trinajstić information content (AvgIpc) is 1.30. The first-order valence-electron chi connectivity index (χ1n) is 1.93. The van der Waals surface area contributed by atoms with Gasteiger partial charge in [0.15, 0.2) is 0 Å². The van der Waals surface area contributed by atoms with E-state index in [9.17, 15) is 0 Å². The summed E-state index contributed by atoms with van der Waals surface area (Å²) in [5.74, 6) is 0. The van der Waals surface area contributed by atoms with E-state index in [1.54, 1.807) is 11.8 Å². The zero-order valence-corrected chi connectivity index (χ0v) is 7.70. The first-order chi connectivity index (χ1) is 3.06. The Hall–Kier alpha value is 1.15. The quantitative estimate of drug-likeness (QED) is 0.458. The molecule has 0 aliphatic heterocycles. The molecule has 0 saturated heterocycles. The fraction of sp³-hybridized carbons (Fsp3) is 1.00. The standard InChI is InChI=1S/C3H8Cl2SSi/c1-6-3-7(2,4)5/h3H2,1-2H3. The molecule has 0 aromatic rings. The van der Waals surface area contributed by atoms with Crippen LogP contribution in [0.4, 0.5) is 0 Å². The van der Waals surface area contributed by atoms with Crippen molar-refractivity contribution in [3.63, 3.8) is 0 Å². The summed E-state index contributed by atoms with van der Waals surface area (Å²) in [6.07, 6.45) is 2.01. The Balaban J connectivity index is 3.15. The largest absolute Gasteiger partial charge is 0.257 e.